The first-order chi connectivity index (χ1) is 15.0. The Bertz CT molecular complexity index is 1500. The Kier molecular flexibility index (Phi) is 4.54. The Morgan fingerprint density at radius 2 is 1.68 bits per heavy atom. The van der Waals surface area contributed by atoms with Crippen molar-refractivity contribution < 1.29 is 4.39 Å². The van der Waals surface area contributed by atoms with Crippen LogP contribution in [0.25, 0.3) is 21.9 Å². The van der Waals surface area contributed by atoms with Crippen LogP contribution in [0.5, 0.6) is 0 Å². The van der Waals surface area contributed by atoms with Gasteiger partial charge in [-0.1, -0.05) is 12.1 Å². The van der Waals surface area contributed by atoms with Crippen molar-refractivity contribution in [1.82, 2.24) is 29.3 Å². The molecule has 7 nitrogen and oxygen atoms in total. The van der Waals surface area contributed by atoms with Crippen LogP contribution >= 0.6 is 0 Å². The van der Waals surface area contributed by atoms with Gasteiger partial charge in [-0.25, -0.2) is 14.6 Å². The smallest absolute Gasteiger partial charge is 0.291 e. The van der Waals surface area contributed by atoms with Gasteiger partial charge in [0.15, 0.2) is 0 Å². The fourth-order valence-electron chi connectivity index (χ4n) is 3.85. The topological polar surface area (TPSA) is 78.5 Å². The van der Waals surface area contributed by atoms with Crippen molar-refractivity contribution in [2.45, 2.75) is 19.9 Å². The molecule has 0 unspecified atom stereocenters. The van der Waals surface area contributed by atoms with Crippen LogP contribution < -0.4 is 5.56 Å². The lowest BCUT2D eigenvalue weighted by Crippen LogP contribution is -2.25. The highest BCUT2D eigenvalue weighted by molar-refractivity contribution is 6.05. The van der Waals surface area contributed by atoms with Crippen molar-refractivity contribution in [3.63, 3.8) is 0 Å². The highest BCUT2D eigenvalue weighted by Gasteiger charge is 2.16. The fraction of sp³-hybridized carbons (Fsp3) is 0.174. The third-order valence-corrected chi connectivity index (χ3v) is 5.29. The van der Waals surface area contributed by atoms with Crippen molar-refractivity contribution in [2.24, 2.45) is 7.05 Å². The first kappa shape index (κ1) is 19.0. The molecule has 5 aromatic heterocycles. The second-order valence-corrected chi connectivity index (χ2v) is 7.50. The molecule has 0 radical (unpaired) electrons. The van der Waals surface area contributed by atoms with Crippen LogP contribution in [0.2, 0.25) is 0 Å². The summed E-state index contributed by atoms with van der Waals surface area (Å²) in [6.45, 7) is 2.05. The Hall–Kier alpha value is -3.94. The third-order valence-electron chi connectivity index (χ3n) is 5.29. The number of fused-ring (bicyclic) bond motifs is 3. The van der Waals surface area contributed by atoms with E-state index >= 15 is 0 Å². The molecule has 5 heterocycles. The zero-order chi connectivity index (χ0) is 21.5. The zero-order valence-electron chi connectivity index (χ0n) is 17.1. The maximum atomic E-state index is 13.4. The van der Waals surface area contributed by atoms with Gasteiger partial charge in [0.05, 0.1) is 18.4 Å². The first-order valence-corrected chi connectivity index (χ1v) is 9.88. The van der Waals surface area contributed by atoms with E-state index in [4.69, 9.17) is 4.98 Å². The molecule has 0 amide bonds. The van der Waals surface area contributed by atoms with Crippen LogP contribution in [0.3, 0.4) is 0 Å². The third kappa shape index (κ3) is 3.46. The normalized spacial score (nSPS) is 11.5. The number of halogens is 1. The SMILES string of the molecule is Cc1cccc(Cc2ccc3c4cnn(Cc5cccc(F)n5)c(=O)c4n(C)c3n2)n1. The highest BCUT2D eigenvalue weighted by Crippen LogP contribution is 2.25. The average molecular weight is 414 g/mol. The van der Waals surface area contributed by atoms with Crippen molar-refractivity contribution in [3.05, 3.63) is 93.8 Å². The second kappa shape index (κ2) is 7.39. The van der Waals surface area contributed by atoms with Gasteiger partial charge >= 0.3 is 0 Å². The second-order valence-electron chi connectivity index (χ2n) is 7.50. The lowest BCUT2D eigenvalue weighted by molar-refractivity contribution is 0.562. The molecule has 0 atom stereocenters. The number of pyridine rings is 3. The van der Waals surface area contributed by atoms with E-state index < -0.39 is 5.95 Å². The van der Waals surface area contributed by atoms with Crippen LogP contribution in [-0.4, -0.2) is 29.3 Å². The minimum absolute atomic E-state index is 0.0891. The summed E-state index contributed by atoms with van der Waals surface area (Å²) in [4.78, 5) is 26.3. The van der Waals surface area contributed by atoms with Crippen molar-refractivity contribution in [2.75, 3.05) is 0 Å². The number of aryl methyl sites for hydroxylation is 2. The van der Waals surface area contributed by atoms with Crippen LogP contribution in [0.15, 0.2) is 59.5 Å². The molecule has 8 heteroatoms. The van der Waals surface area contributed by atoms with Gasteiger partial charge in [-0.2, -0.15) is 9.49 Å². The van der Waals surface area contributed by atoms with E-state index in [2.05, 4.69) is 15.1 Å². The summed E-state index contributed by atoms with van der Waals surface area (Å²) in [5.41, 5.74) is 4.14. The van der Waals surface area contributed by atoms with Crippen molar-refractivity contribution >= 4 is 21.9 Å². The molecule has 0 aromatic carbocycles. The summed E-state index contributed by atoms with van der Waals surface area (Å²) in [6.07, 6.45) is 2.26. The quantitative estimate of drug-likeness (QED) is 0.422. The summed E-state index contributed by atoms with van der Waals surface area (Å²) in [5, 5.41) is 5.88. The maximum absolute atomic E-state index is 13.4. The molecule has 0 fully saturated rings. The lowest BCUT2D eigenvalue weighted by atomic mass is 10.1. The zero-order valence-corrected chi connectivity index (χ0v) is 17.1. The number of hydrogen-bond acceptors (Lipinski definition) is 5. The molecule has 0 bridgehead atoms. The van der Waals surface area contributed by atoms with Crippen molar-refractivity contribution in [1.29, 1.82) is 0 Å². The molecule has 0 aliphatic heterocycles. The molecule has 5 aromatic rings. The lowest BCUT2D eigenvalue weighted by Gasteiger charge is -2.05. The van der Waals surface area contributed by atoms with E-state index in [9.17, 15) is 9.18 Å². The minimum atomic E-state index is -0.587. The largest absolute Gasteiger partial charge is 0.324 e. The Labute approximate surface area is 176 Å². The van der Waals surface area contributed by atoms with Crippen LogP contribution in [-0.2, 0) is 20.0 Å². The van der Waals surface area contributed by atoms with E-state index in [-0.39, 0.29) is 12.1 Å². The molecule has 0 aliphatic carbocycles. The predicted octanol–water partition coefficient (Wildman–Crippen LogP) is 3.16. The Balaban J connectivity index is 1.58. The molecule has 154 valence electrons. The molecule has 0 saturated carbocycles. The number of aromatic nitrogens is 6. The van der Waals surface area contributed by atoms with Crippen molar-refractivity contribution in [3.8, 4) is 0 Å². The molecule has 0 aliphatic rings. The van der Waals surface area contributed by atoms with Crippen LogP contribution in [0.1, 0.15) is 22.8 Å². The molecule has 31 heavy (non-hydrogen) atoms. The van der Waals surface area contributed by atoms with Crippen LogP contribution in [0.4, 0.5) is 4.39 Å². The van der Waals surface area contributed by atoms with Gasteiger partial charge < -0.3 is 4.57 Å². The van der Waals surface area contributed by atoms with E-state index in [1.54, 1.807) is 22.9 Å². The average Bonchev–Trinajstić information content (AvgIpc) is 3.02. The van der Waals surface area contributed by atoms with E-state index in [0.717, 1.165) is 27.9 Å². The van der Waals surface area contributed by atoms with Gasteiger partial charge in [-0.15, -0.1) is 0 Å². The molecule has 0 N–H and O–H groups in total. The molecular weight excluding hydrogens is 395 g/mol. The fourth-order valence-corrected chi connectivity index (χ4v) is 3.85. The van der Waals surface area contributed by atoms with Gasteiger partial charge in [-0.3, -0.25) is 9.78 Å². The number of hydrogen-bond donors (Lipinski definition) is 0. The van der Waals surface area contributed by atoms with Gasteiger partial charge in [0.1, 0.15) is 11.2 Å². The standard InChI is InChI=1S/C23H19FN6O/c1-14-5-3-6-15(26-14)11-16-9-10-18-19-12-25-30(13-17-7-4-8-20(24)27-17)23(31)21(19)29(2)22(18)28-16/h3-10,12H,11,13H2,1-2H3. The Morgan fingerprint density at radius 1 is 0.903 bits per heavy atom. The summed E-state index contributed by atoms with van der Waals surface area (Å²) < 4.78 is 16.5. The van der Waals surface area contributed by atoms with Crippen LogP contribution in [0, 0.1) is 12.9 Å². The van der Waals surface area contributed by atoms with E-state index in [1.165, 1.54) is 10.7 Å². The summed E-state index contributed by atoms with van der Waals surface area (Å²) in [6, 6.07) is 14.3. The minimum Gasteiger partial charge on any atom is -0.324 e. The van der Waals surface area contributed by atoms with Gasteiger partial charge in [0.25, 0.3) is 5.56 Å². The summed E-state index contributed by atoms with van der Waals surface area (Å²) in [5.74, 6) is -0.587. The molecule has 5 rings (SSSR count). The monoisotopic (exact) mass is 414 g/mol. The van der Waals surface area contributed by atoms with Gasteiger partial charge in [0, 0.05) is 41.3 Å². The molecule has 0 saturated heterocycles. The predicted molar refractivity (Wildman–Crippen MR) is 115 cm³/mol. The number of rotatable bonds is 4. The van der Waals surface area contributed by atoms with Gasteiger partial charge in [0.2, 0.25) is 5.95 Å². The summed E-state index contributed by atoms with van der Waals surface area (Å²) in [7, 11) is 1.82. The molecular formula is C23H19FN6O. The maximum Gasteiger partial charge on any atom is 0.291 e. The summed E-state index contributed by atoms with van der Waals surface area (Å²) >= 11 is 0. The first-order valence-electron chi connectivity index (χ1n) is 9.88. The molecule has 0 spiro atoms. The van der Waals surface area contributed by atoms with E-state index in [0.29, 0.717) is 23.3 Å². The van der Waals surface area contributed by atoms with Gasteiger partial charge in [-0.05, 0) is 43.3 Å². The number of nitrogens with zero attached hydrogens (tertiary/aromatic N) is 6. The van der Waals surface area contributed by atoms with E-state index in [1.807, 2.05) is 44.3 Å². The Morgan fingerprint density at radius 3 is 2.48 bits per heavy atom. The highest BCUT2D eigenvalue weighted by atomic mass is 19.1.